The van der Waals surface area contributed by atoms with Crippen LogP contribution in [0.15, 0.2) is 91.1 Å². The summed E-state index contributed by atoms with van der Waals surface area (Å²) >= 11 is 0. The number of hydrogen-bond donors (Lipinski definition) is 2. The Balaban J connectivity index is 1.17. The van der Waals surface area contributed by atoms with Crippen LogP contribution in [0.25, 0.3) is 10.9 Å². The number of piperidine rings is 1. The van der Waals surface area contributed by atoms with Crippen LogP contribution in [0.4, 0.5) is 11.4 Å². The predicted molar refractivity (Wildman–Crippen MR) is 134 cm³/mol. The molecule has 1 saturated heterocycles. The summed E-state index contributed by atoms with van der Waals surface area (Å²) in [5.41, 5.74) is 4.84. The molecule has 1 amide bonds. The van der Waals surface area contributed by atoms with Crippen LogP contribution in [-0.2, 0) is 6.54 Å². The van der Waals surface area contributed by atoms with Crippen molar-refractivity contribution in [3.05, 3.63) is 102 Å². The van der Waals surface area contributed by atoms with Gasteiger partial charge < -0.3 is 10.6 Å². The van der Waals surface area contributed by atoms with E-state index in [-0.39, 0.29) is 11.9 Å². The average Bonchev–Trinajstić information content (AvgIpc) is 2.86. The summed E-state index contributed by atoms with van der Waals surface area (Å²) in [5.74, 6) is -0.0112. The highest BCUT2D eigenvalue weighted by Crippen LogP contribution is 2.22. The zero-order valence-electron chi connectivity index (χ0n) is 18.6. The van der Waals surface area contributed by atoms with Crippen molar-refractivity contribution in [3.63, 3.8) is 0 Å². The van der Waals surface area contributed by atoms with Crippen molar-refractivity contribution in [2.24, 2.45) is 0 Å². The molecule has 0 saturated carbocycles. The maximum Gasteiger partial charge on any atom is 0.251 e. The van der Waals surface area contributed by atoms with Gasteiger partial charge in [-0.3, -0.25) is 14.7 Å². The van der Waals surface area contributed by atoms with Crippen molar-refractivity contribution in [2.75, 3.05) is 18.4 Å². The molecule has 1 fully saturated rings. The van der Waals surface area contributed by atoms with Crippen molar-refractivity contribution < 1.29 is 4.79 Å². The monoisotopic (exact) mass is 436 g/mol. The fourth-order valence-corrected chi connectivity index (χ4v) is 4.40. The van der Waals surface area contributed by atoms with Crippen LogP contribution < -0.4 is 10.6 Å². The Labute approximate surface area is 194 Å². The molecule has 166 valence electrons. The lowest BCUT2D eigenvalue weighted by molar-refractivity contribution is 0.0909. The number of likely N-dealkylation sites (tertiary alicyclic amines) is 1. The number of nitrogens with one attached hydrogen (secondary N) is 2. The van der Waals surface area contributed by atoms with E-state index in [1.165, 1.54) is 5.56 Å². The summed E-state index contributed by atoms with van der Waals surface area (Å²) in [4.78, 5) is 19.7. The number of carbonyl (C=O) groups excluding carboxylic acids is 1. The van der Waals surface area contributed by atoms with Crippen molar-refractivity contribution in [3.8, 4) is 0 Å². The molecule has 0 spiro atoms. The second-order valence-corrected chi connectivity index (χ2v) is 8.63. The van der Waals surface area contributed by atoms with E-state index < -0.39 is 0 Å². The summed E-state index contributed by atoms with van der Waals surface area (Å²) in [6.07, 6.45) is 3.74. The van der Waals surface area contributed by atoms with Crippen LogP contribution in [0, 0.1) is 0 Å². The van der Waals surface area contributed by atoms with Gasteiger partial charge in [0.1, 0.15) is 0 Å². The first-order chi connectivity index (χ1) is 16.2. The van der Waals surface area contributed by atoms with Gasteiger partial charge in [0.05, 0.1) is 5.52 Å². The number of amides is 1. The minimum Gasteiger partial charge on any atom is -0.355 e. The van der Waals surface area contributed by atoms with Crippen LogP contribution in [0.1, 0.15) is 28.8 Å². The number of anilines is 2. The first kappa shape index (κ1) is 21.2. The number of benzene rings is 3. The molecular formula is C28H28N4O. The van der Waals surface area contributed by atoms with E-state index in [0.717, 1.165) is 54.8 Å². The Kier molecular flexibility index (Phi) is 6.31. The maximum absolute atomic E-state index is 12.9. The van der Waals surface area contributed by atoms with Crippen molar-refractivity contribution in [2.45, 2.75) is 25.4 Å². The van der Waals surface area contributed by atoms with Crippen LogP contribution in [-0.4, -0.2) is 34.9 Å². The zero-order valence-corrected chi connectivity index (χ0v) is 18.6. The van der Waals surface area contributed by atoms with Gasteiger partial charge in [0.15, 0.2) is 0 Å². The van der Waals surface area contributed by atoms with E-state index in [9.17, 15) is 4.79 Å². The van der Waals surface area contributed by atoms with Gasteiger partial charge in [0.2, 0.25) is 0 Å². The van der Waals surface area contributed by atoms with Gasteiger partial charge in [-0.1, -0.05) is 42.5 Å². The molecule has 0 unspecified atom stereocenters. The van der Waals surface area contributed by atoms with E-state index >= 15 is 0 Å². The topological polar surface area (TPSA) is 57.3 Å². The molecule has 0 aliphatic carbocycles. The van der Waals surface area contributed by atoms with Gasteiger partial charge in [0.25, 0.3) is 5.91 Å². The largest absolute Gasteiger partial charge is 0.355 e. The van der Waals surface area contributed by atoms with Gasteiger partial charge in [0, 0.05) is 54.2 Å². The minimum absolute atomic E-state index is 0.0112. The molecule has 0 bridgehead atoms. The molecular weight excluding hydrogens is 408 g/mol. The smallest absolute Gasteiger partial charge is 0.251 e. The lowest BCUT2D eigenvalue weighted by Crippen LogP contribution is -2.44. The quantitative estimate of drug-likeness (QED) is 0.426. The molecule has 5 nitrogen and oxygen atoms in total. The molecule has 2 heterocycles. The predicted octanol–water partition coefficient (Wildman–Crippen LogP) is 5.37. The Morgan fingerprint density at radius 2 is 1.70 bits per heavy atom. The molecule has 3 aromatic carbocycles. The van der Waals surface area contributed by atoms with Crippen molar-refractivity contribution in [1.29, 1.82) is 0 Å². The average molecular weight is 437 g/mol. The molecule has 5 heteroatoms. The lowest BCUT2D eigenvalue weighted by Gasteiger charge is -2.32. The van der Waals surface area contributed by atoms with E-state index in [2.05, 4.69) is 56.9 Å². The Morgan fingerprint density at radius 1 is 0.879 bits per heavy atom. The lowest BCUT2D eigenvalue weighted by atomic mass is 10.0. The summed E-state index contributed by atoms with van der Waals surface area (Å²) in [5, 5.41) is 7.72. The number of aromatic nitrogens is 1. The molecule has 4 aromatic rings. The Morgan fingerprint density at radius 3 is 2.55 bits per heavy atom. The second-order valence-electron chi connectivity index (χ2n) is 8.63. The molecule has 1 aliphatic heterocycles. The van der Waals surface area contributed by atoms with Gasteiger partial charge in [-0.25, -0.2) is 0 Å². The van der Waals surface area contributed by atoms with Gasteiger partial charge in [-0.05, 0) is 60.9 Å². The van der Waals surface area contributed by atoms with Crippen molar-refractivity contribution >= 4 is 28.2 Å². The first-order valence-corrected chi connectivity index (χ1v) is 11.5. The SMILES string of the molecule is O=C(NC1CCN(Cc2ccccc2)CC1)c1cccc(Nc2ccc3ncccc3c2)c1. The highest BCUT2D eigenvalue weighted by atomic mass is 16.1. The normalized spacial score (nSPS) is 14.8. The van der Waals surface area contributed by atoms with Crippen LogP contribution in [0.5, 0.6) is 0 Å². The van der Waals surface area contributed by atoms with Crippen LogP contribution in [0.3, 0.4) is 0 Å². The number of nitrogens with zero attached hydrogens (tertiary/aromatic N) is 2. The molecule has 0 radical (unpaired) electrons. The Hall–Kier alpha value is -3.70. The van der Waals surface area contributed by atoms with Gasteiger partial charge in [-0.2, -0.15) is 0 Å². The Bertz CT molecular complexity index is 1230. The number of rotatable bonds is 6. The third-order valence-electron chi connectivity index (χ3n) is 6.19. The van der Waals surface area contributed by atoms with E-state index in [1.807, 2.05) is 48.5 Å². The minimum atomic E-state index is -0.0112. The molecule has 2 N–H and O–H groups in total. The standard InChI is InChI=1S/C28H28N4O/c33-28(31-24-13-16-32(17-14-24)20-21-6-2-1-3-7-21)23-8-4-10-25(19-23)30-26-11-12-27-22(18-26)9-5-15-29-27/h1-12,15,18-19,24,30H,13-14,16-17,20H2,(H,31,33). The zero-order chi connectivity index (χ0) is 22.5. The van der Waals surface area contributed by atoms with Gasteiger partial charge in [-0.15, -0.1) is 0 Å². The maximum atomic E-state index is 12.9. The fraction of sp³-hybridized carbons (Fsp3) is 0.214. The van der Waals surface area contributed by atoms with Crippen LogP contribution in [0.2, 0.25) is 0 Å². The number of carbonyl (C=O) groups is 1. The van der Waals surface area contributed by atoms with Gasteiger partial charge >= 0.3 is 0 Å². The third kappa shape index (κ3) is 5.38. The number of fused-ring (bicyclic) bond motifs is 1. The van der Waals surface area contributed by atoms with E-state index in [1.54, 1.807) is 6.20 Å². The summed E-state index contributed by atoms with van der Waals surface area (Å²) in [6.45, 7) is 2.97. The van der Waals surface area contributed by atoms with Crippen molar-refractivity contribution in [1.82, 2.24) is 15.2 Å². The number of hydrogen-bond acceptors (Lipinski definition) is 4. The first-order valence-electron chi connectivity index (χ1n) is 11.5. The van der Waals surface area contributed by atoms with E-state index in [0.29, 0.717) is 5.56 Å². The molecule has 5 rings (SSSR count). The number of pyridine rings is 1. The molecule has 1 aliphatic rings. The highest BCUT2D eigenvalue weighted by Gasteiger charge is 2.21. The summed E-state index contributed by atoms with van der Waals surface area (Å²) < 4.78 is 0. The molecule has 33 heavy (non-hydrogen) atoms. The second kappa shape index (κ2) is 9.84. The van der Waals surface area contributed by atoms with Crippen LogP contribution >= 0.6 is 0 Å². The highest BCUT2D eigenvalue weighted by molar-refractivity contribution is 5.95. The summed E-state index contributed by atoms with van der Waals surface area (Å²) in [6, 6.07) is 28.5. The third-order valence-corrected chi connectivity index (χ3v) is 6.19. The summed E-state index contributed by atoms with van der Waals surface area (Å²) in [7, 11) is 0. The van der Waals surface area contributed by atoms with E-state index in [4.69, 9.17) is 0 Å². The fourth-order valence-electron chi connectivity index (χ4n) is 4.40. The molecule has 1 aromatic heterocycles. The molecule has 0 atom stereocenters.